The Hall–Kier alpha value is -1.45. The van der Waals surface area contributed by atoms with Crippen molar-refractivity contribution in [2.45, 2.75) is 52.4 Å². The fraction of sp³-hybridized carbons (Fsp3) is 0.643. The Morgan fingerprint density at radius 3 is 2.28 bits per heavy atom. The van der Waals surface area contributed by atoms with Crippen LogP contribution in [0, 0.1) is 19.8 Å². The average molecular weight is 248 g/mol. The van der Waals surface area contributed by atoms with Gasteiger partial charge in [0.25, 0.3) is 0 Å². The Labute approximate surface area is 107 Å². The quantitative estimate of drug-likeness (QED) is 0.889. The number of hydrogen-bond acceptors (Lipinski definition) is 3. The van der Waals surface area contributed by atoms with Crippen LogP contribution in [-0.2, 0) is 11.2 Å². The molecule has 0 amide bonds. The monoisotopic (exact) mass is 248 g/mol. The van der Waals surface area contributed by atoms with Gasteiger partial charge in [-0.25, -0.2) is 9.97 Å². The molecule has 98 valence electrons. The number of carbonyl (C=O) groups is 1. The van der Waals surface area contributed by atoms with Crippen molar-refractivity contribution < 1.29 is 9.90 Å². The van der Waals surface area contributed by atoms with Crippen molar-refractivity contribution in [1.29, 1.82) is 0 Å². The lowest BCUT2D eigenvalue weighted by Crippen LogP contribution is -2.18. The van der Waals surface area contributed by atoms with Crippen molar-refractivity contribution in [3.63, 3.8) is 0 Å². The minimum atomic E-state index is -0.767. The Morgan fingerprint density at radius 1 is 1.33 bits per heavy atom. The molecule has 2 rings (SSSR count). The SMILES string of the molecule is Cc1nc(C2CCC2)nc(C)c1CC(C)C(=O)O. The molecule has 0 aliphatic heterocycles. The number of rotatable bonds is 4. The van der Waals surface area contributed by atoms with Gasteiger partial charge in [0.2, 0.25) is 0 Å². The van der Waals surface area contributed by atoms with E-state index in [0.29, 0.717) is 12.3 Å². The van der Waals surface area contributed by atoms with Crippen LogP contribution < -0.4 is 0 Å². The fourth-order valence-corrected chi connectivity index (χ4v) is 2.30. The number of nitrogens with zero attached hydrogens (tertiary/aromatic N) is 2. The average Bonchev–Trinajstić information content (AvgIpc) is 2.20. The molecule has 1 unspecified atom stereocenters. The number of aliphatic carboxylic acids is 1. The van der Waals surface area contributed by atoms with Crippen molar-refractivity contribution in [3.8, 4) is 0 Å². The molecule has 1 N–H and O–H groups in total. The van der Waals surface area contributed by atoms with Gasteiger partial charge < -0.3 is 5.11 Å². The van der Waals surface area contributed by atoms with Crippen molar-refractivity contribution in [2.75, 3.05) is 0 Å². The normalized spacial score (nSPS) is 17.3. The number of hydrogen-bond donors (Lipinski definition) is 1. The van der Waals surface area contributed by atoms with E-state index in [1.807, 2.05) is 13.8 Å². The van der Waals surface area contributed by atoms with Crippen LogP contribution in [0.1, 0.15) is 54.9 Å². The summed E-state index contributed by atoms with van der Waals surface area (Å²) in [5.74, 6) is 0.314. The summed E-state index contributed by atoms with van der Waals surface area (Å²) >= 11 is 0. The number of carboxylic acid groups (broad SMARTS) is 1. The molecule has 0 saturated heterocycles. The largest absolute Gasteiger partial charge is 0.481 e. The van der Waals surface area contributed by atoms with Gasteiger partial charge in [0, 0.05) is 17.3 Å². The van der Waals surface area contributed by atoms with Gasteiger partial charge in [-0.15, -0.1) is 0 Å². The maximum Gasteiger partial charge on any atom is 0.306 e. The minimum absolute atomic E-state index is 0.388. The number of aromatic nitrogens is 2. The van der Waals surface area contributed by atoms with E-state index >= 15 is 0 Å². The second-order valence-electron chi connectivity index (χ2n) is 5.30. The van der Waals surface area contributed by atoms with E-state index in [1.54, 1.807) is 6.92 Å². The highest BCUT2D eigenvalue weighted by Crippen LogP contribution is 2.34. The van der Waals surface area contributed by atoms with Crippen LogP contribution in [0.5, 0.6) is 0 Å². The molecule has 0 spiro atoms. The van der Waals surface area contributed by atoms with Crippen LogP contribution >= 0.6 is 0 Å². The van der Waals surface area contributed by atoms with E-state index < -0.39 is 5.97 Å². The first-order chi connectivity index (χ1) is 8.49. The summed E-state index contributed by atoms with van der Waals surface area (Å²) in [4.78, 5) is 20.0. The smallest absolute Gasteiger partial charge is 0.306 e. The Bertz CT molecular complexity index is 444. The van der Waals surface area contributed by atoms with Gasteiger partial charge in [-0.2, -0.15) is 0 Å². The molecule has 0 radical (unpaired) electrons. The molecule has 0 bridgehead atoms. The van der Waals surface area contributed by atoms with Crippen LogP contribution in [0.15, 0.2) is 0 Å². The first kappa shape index (κ1) is 13.0. The zero-order valence-corrected chi connectivity index (χ0v) is 11.2. The number of carboxylic acids is 1. The van der Waals surface area contributed by atoms with E-state index in [0.717, 1.165) is 22.8 Å². The lowest BCUT2D eigenvalue weighted by atomic mass is 9.84. The van der Waals surface area contributed by atoms with E-state index in [4.69, 9.17) is 5.11 Å². The van der Waals surface area contributed by atoms with Crippen molar-refractivity contribution in [2.24, 2.45) is 5.92 Å². The summed E-state index contributed by atoms with van der Waals surface area (Å²) in [6.07, 6.45) is 4.15. The number of aryl methyl sites for hydroxylation is 2. The molecular formula is C14H20N2O2. The summed E-state index contributed by atoms with van der Waals surface area (Å²) in [7, 11) is 0. The van der Waals surface area contributed by atoms with Crippen molar-refractivity contribution in [3.05, 3.63) is 22.8 Å². The predicted molar refractivity (Wildman–Crippen MR) is 68.6 cm³/mol. The van der Waals surface area contributed by atoms with Crippen LogP contribution in [0.4, 0.5) is 0 Å². The molecule has 1 fully saturated rings. The second-order valence-corrected chi connectivity index (χ2v) is 5.30. The molecule has 0 aromatic carbocycles. The Balaban J connectivity index is 2.23. The molecule has 1 saturated carbocycles. The molecule has 4 nitrogen and oxygen atoms in total. The summed E-state index contributed by atoms with van der Waals surface area (Å²) in [6.45, 7) is 5.64. The van der Waals surface area contributed by atoms with E-state index in [9.17, 15) is 4.79 Å². The maximum absolute atomic E-state index is 10.9. The highest BCUT2D eigenvalue weighted by Gasteiger charge is 2.24. The van der Waals surface area contributed by atoms with Gasteiger partial charge in [0.1, 0.15) is 5.82 Å². The van der Waals surface area contributed by atoms with Gasteiger partial charge in [0.15, 0.2) is 0 Å². The molecule has 1 atom stereocenters. The third-order valence-corrected chi connectivity index (χ3v) is 3.84. The lowest BCUT2D eigenvalue weighted by Gasteiger charge is -2.25. The molecule has 1 aromatic rings. The van der Waals surface area contributed by atoms with Gasteiger partial charge in [-0.3, -0.25) is 4.79 Å². The van der Waals surface area contributed by atoms with Gasteiger partial charge in [-0.05, 0) is 38.7 Å². The molecule has 4 heteroatoms. The van der Waals surface area contributed by atoms with Crippen molar-refractivity contribution >= 4 is 5.97 Å². The summed E-state index contributed by atoms with van der Waals surface area (Å²) in [6, 6.07) is 0. The third kappa shape index (κ3) is 2.52. The third-order valence-electron chi connectivity index (χ3n) is 3.84. The topological polar surface area (TPSA) is 63.1 Å². The molecular weight excluding hydrogens is 228 g/mol. The summed E-state index contributed by atoms with van der Waals surface area (Å²) in [5.41, 5.74) is 2.88. The zero-order chi connectivity index (χ0) is 13.3. The lowest BCUT2D eigenvalue weighted by molar-refractivity contribution is -0.141. The van der Waals surface area contributed by atoms with Crippen molar-refractivity contribution in [1.82, 2.24) is 9.97 Å². The predicted octanol–water partition coefficient (Wildman–Crippen LogP) is 2.62. The van der Waals surface area contributed by atoms with Gasteiger partial charge in [-0.1, -0.05) is 13.3 Å². The first-order valence-electron chi connectivity index (χ1n) is 6.56. The van der Waals surface area contributed by atoms with E-state index in [1.165, 1.54) is 19.3 Å². The maximum atomic E-state index is 10.9. The van der Waals surface area contributed by atoms with Crippen LogP contribution in [0.2, 0.25) is 0 Å². The molecule has 18 heavy (non-hydrogen) atoms. The minimum Gasteiger partial charge on any atom is -0.481 e. The zero-order valence-electron chi connectivity index (χ0n) is 11.2. The summed E-state index contributed by atoms with van der Waals surface area (Å²) < 4.78 is 0. The molecule has 1 aliphatic carbocycles. The van der Waals surface area contributed by atoms with Crippen LogP contribution in [-0.4, -0.2) is 21.0 Å². The fourth-order valence-electron chi connectivity index (χ4n) is 2.30. The van der Waals surface area contributed by atoms with E-state index in [-0.39, 0.29) is 5.92 Å². The highest BCUT2D eigenvalue weighted by molar-refractivity contribution is 5.70. The molecule has 1 heterocycles. The van der Waals surface area contributed by atoms with E-state index in [2.05, 4.69) is 9.97 Å². The Morgan fingerprint density at radius 2 is 1.89 bits per heavy atom. The van der Waals surface area contributed by atoms with Gasteiger partial charge in [0.05, 0.1) is 5.92 Å². The standard InChI is InChI=1S/C14H20N2O2/c1-8(14(17)18)7-12-9(2)15-13(16-10(12)3)11-5-4-6-11/h8,11H,4-7H2,1-3H3,(H,17,18). The second kappa shape index (κ2) is 5.04. The Kier molecular flexibility index (Phi) is 3.64. The molecule has 1 aromatic heterocycles. The van der Waals surface area contributed by atoms with Crippen LogP contribution in [0.3, 0.4) is 0 Å². The molecule has 1 aliphatic rings. The van der Waals surface area contributed by atoms with Crippen LogP contribution in [0.25, 0.3) is 0 Å². The highest BCUT2D eigenvalue weighted by atomic mass is 16.4. The summed E-state index contributed by atoms with van der Waals surface area (Å²) in [5, 5.41) is 8.97. The first-order valence-corrected chi connectivity index (χ1v) is 6.56. The van der Waals surface area contributed by atoms with Gasteiger partial charge >= 0.3 is 5.97 Å².